The second-order valence-corrected chi connectivity index (χ2v) is 5.74. The summed E-state index contributed by atoms with van der Waals surface area (Å²) in [5, 5.41) is 2.13. The molecule has 1 atom stereocenters. The topological polar surface area (TPSA) is 38.5 Å². The molecule has 1 saturated heterocycles. The maximum atomic E-state index is 5.91. The molecule has 3 nitrogen and oxygen atoms in total. The van der Waals surface area contributed by atoms with Crippen LogP contribution in [-0.4, -0.2) is 38.3 Å². The molecule has 2 rings (SSSR count). The molecule has 0 amide bonds. The minimum Gasteiger partial charge on any atom is -0.381 e. The Bertz CT molecular complexity index is 309. The first-order valence-electron chi connectivity index (χ1n) is 6.32. The molecule has 2 N–H and O–H groups in total. The van der Waals surface area contributed by atoms with Gasteiger partial charge in [0.25, 0.3) is 0 Å². The van der Waals surface area contributed by atoms with E-state index in [1.54, 1.807) is 11.3 Å². The molecular weight excluding hydrogens is 232 g/mol. The fourth-order valence-corrected chi connectivity index (χ4v) is 3.36. The van der Waals surface area contributed by atoms with Crippen LogP contribution in [0.3, 0.4) is 0 Å². The zero-order valence-corrected chi connectivity index (χ0v) is 11.3. The summed E-state index contributed by atoms with van der Waals surface area (Å²) in [5.74, 6) is 0.766. The molecule has 96 valence electrons. The van der Waals surface area contributed by atoms with E-state index in [-0.39, 0.29) is 0 Å². The van der Waals surface area contributed by atoms with E-state index in [0.29, 0.717) is 12.6 Å². The average Bonchev–Trinajstić information content (AvgIpc) is 2.85. The first-order valence-corrected chi connectivity index (χ1v) is 7.20. The molecular formula is C13H22N2OS. The van der Waals surface area contributed by atoms with Gasteiger partial charge in [-0.3, -0.25) is 4.90 Å². The van der Waals surface area contributed by atoms with Crippen molar-refractivity contribution < 1.29 is 4.74 Å². The lowest BCUT2D eigenvalue weighted by atomic mass is 9.99. The number of nitrogens with two attached hydrogens (primary N) is 1. The van der Waals surface area contributed by atoms with E-state index in [1.807, 2.05) is 0 Å². The average molecular weight is 254 g/mol. The normalized spacial score (nSPS) is 19.7. The Morgan fingerprint density at radius 3 is 2.88 bits per heavy atom. The molecule has 0 aliphatic carbocycles. The number of nitrogens with zero attached hydrogens (tertiary/aromatic N) is 1. The summed E-state index contributed by atoms with van der Waals surface area (Å²) in [4.78, 5) is 3.78. The van der Waals surface area contributed by atoms with Gasteiger partial charge in [0.05, 0.1) is 6.04 Å². The van der Waals surface area contributed by atoms with Crippen LogP contribution in [0, 0.1) is 5.92 Å². The summed E-state index contributed by atoms with van der Waals surface area (Å²) in [6, 6.07) is 4.66. The van der Waals surface area contributed by atoms with Crippen LogP contribution in [0.2, 0.25) is 0 Å². The summed E-state index contributed by atoms with van der Waals surface area (Å²) in [6.07, 6.45) is 2.37. The number of hydrogen-bond acceptors (Lipinski definition) is 4. The highest BCUT2D eigenvalue weighted by molar-refractivity contribution is 7.10. The van der Waals surface area contributed by atoms with Gasteiger partial charge in [0.2, 0.25) is 0 Å². The van der Waals surface area contributed by atoms with Crippen LogP contribution >= 0.6 is 11.3 Å². The maximum Gasteiger partial charge on any atom is 0.0561 e. The van der Waals surface area contributed by atoms with Gasteiger partial charge >= 0.3 is 0 Å². The molecule has 1 unspecified atom stereocenters. The highest BCUT2D eigenvalue weighted by Crippen LogP contribution is 2.25. The van der Waals surface area contributed by atoms with Gasteiger partial charge in [-0.1, -0.05) is 6.07 Å². The Morgan fingerprint density at radius 1 is 1.53 bits per heavy atom. The third-order valence-corrected chi connectivity index (χ3v) is 4.49. The molecule has 0 aromatic carbocycles. The Balaban J connectivity index is 1.90. The summed E-state index contributed by atoms with van der Waals surface area (Å²) in [5.41, 5.74) is 5.91. The quantitative estimate of drug-likeness (QED) is 0.874. The van der Waals surface area contributed by atoms with E-state index in [4.69, 9.17) is 10.5 Å². The second-order valence-electron chi connectivity index (χ2n) is 4.76. The summed E-state index contributed by atoms with van der Waals surface area (Å²) in [6.45, 7) is 3.67. The van der Waals surface area contributed by atoms with Crippen LogP contribution in [0.25, 0.3) is 0 Å². The van der Waals surface area contributed by atoms with Crippen LogP contribution in [0.5, 0.6) is 0 Å². The van der Waals surface area contributed by atoms with Crippen molar-refractivity contribution in [2.24, 2.45) is 11.7 Å². The number of likely N-dealkylation sites (N-methyl/N-ethyl adjacent to an activating group) is 1. The van der Waals surface area contributed by atoms with Gasteiger partial charge in [0.15, 0.2) is 0 Å². The Labute approximate surface area is 108 Å². The Hall–Kier alpha value is -0.420. The van der Waals surface area contributed by atoms with E-state index < -0.39 is 0 Å². The monoisotopic (exact) mass is 254 g/mol. The van der Waals surface area contributed by atoms with E-state index in [2.05, 4.69) is 29.5 Å². The van der Waals surface area contributed by atoms with Crippen LogP contribution in [0.1, 0.15) is 23.8 Å². The van der Waals surface area contributed by atoms with Crippen LogP contribution in [-0.2, 0) is 4.74 Å². The number of ether oxygens (including phenoxy) is 1. The van der Waals surface area contributed by atoms with E-state index in [0.717, 1.165) is 25.7 Å². The Kier molecular flexibility index (Phi) is 4.98. The molecule has 0 spiro atoms. The summed E-state index contributed by atoms with van der Waals surface area (Å²) < 4.78 is 5.40. The maximum absolute atomic E-state index is 5.91. The summed E-state index contributed by atoms with van der Waals surface area (Å²) in [7, 11) is 2.19. The van der Waals surface area contributed by atoms with Crippen molar-refractivity contribution in [3.63, 3.8) is 0 Å². The summed E-state index contributed by atoms with van der Waals surface area (Å²) >= 11 is 1.80. The van der Waals surface area contributed by atoms with Gasteiger partial charge in [-0.25, -0.2) is 0 Å². The molecule has 1 aliphatic heterocycles. The van der Waals surface area contributed by atoms with Gasteiger partial charge in [0.1, 0.15) is 0 Å². The molecule has 0 bridgehead atoms. The van der Waals surface area contributed by atoms with Gasteiger partial charge in [-0.15, -0.1) is 11.3 Å². The van der Waals surface area contributed by atoms with Crippen molar-refractivity contribution >= 4 is 11.3 Å². The van der Waals surface area contributed by atoms with E-state index in [9.17, 15) is 0 Å². The first kappa shape index (κ1) is 13.0. The van der Waals surface area contributed by atoms with Crippen molar-refractivity contribution in [3.05, 3.63) is 22.4 Å². The molecule has 1 aromatic rings. The zero-order valence-electron chi connectivity index (χ0n) is 10.5. The van der Waals surface area contributed by atoms with Crippen molar-refractivity contribution in [3.8, 4) is 0 Å². The molecule has 0 radical (unpaired) electrons. The second kappa shape index (κ2) is 6.50. The molecule has 2 heterocycles. The molecule has 17 heavy (non-hydrogen) atoms. The molecule has 4 heteroatoms. The number of thiophene rings is 1. The fourth-order valence-electron chi connectivity index (χ4n) is 2.46. The predicted octanol–water partition coefficient (Wildman–Crippen LogP) is 2.11. The van der Waals surface area contributed by atoms with Crippen molar-refractivity contribution in [2.45, 2.75) is 18.9 Å². The van der Waals surface area contributed by atoms with Crippen LogP contribution in [0.4, 0.5) is 0 Å². The smallest absolute Gasteiger partial charge is 0.0561 e. The minimum atomic E-state index is 0.373. The third kappa shape index (κ3) is 3.52. The third-order valence-electron chi connectivity index (χ3n) is 3.51. The highest BCUT2D eigenvalue weighted by Gasteiger charge is 2.21. The lowest BCUT2D eigenvalue weighted by molar-refractivity contribution is 0.0509. The van der Waals surface area contributed by atoms with Crippen LogP contribution in [0.15, 0.2) is 17.5 Å². The van der Waals surface area contributed by atoms with Gasteiger partial charge in [0, 0.05) is 31.2 Å². The Morgan fingerprint density at radius 2 is 2.29 bits per heavy atom. The molecule has 1 fully saturated rings. The van der Waals surface area contributed by atoms with Gasteiger partial charge in [-0.05, 0) is 37.3 Å². The lowest BCUT2D eigenvalue weighted by Crippen LogP contribution is -2.35. The van der Waals surface area contributed by atoms with E-state index >= 15 is 0 Å². The molecule has 1 aromatic heterocycles. The van der Waals surface area contributed by atoms with Crippen molar-refractivity contribution in [2.75, 3.05) is 33.4 Å². The van der Waals surface area contributed by atoms with E-state index in [1.165, 1.54) is 17.7 Å². The van der Waals surface area contributed by atoms with Crippen molar-refractivity contribution in [1.29, 1.82) is 0 Å². The predicted molar refractivity (Wildman–Crippen MR) is 72.3 cm³/mol. The van der Waals surface area contributed by atoms with Crippen molar-refractivity contribution in [1.82, 2.24) is 4.90 Å². The first-order chi connectivity index (χ1) is 8.31. The fraction of sp³-hybridized carbons (Fsp3) is 0.692. The van der Waals surface area contributed by atoms with Gasteiger partial charge in [-0.2, -0.15) is 0 Å². The highest BCUT2D eigenvalue weighted by atomic mass is 32.1. The SMILES string of the molecule is CN(CC1CCOCC1)C(CN)c1cccs1. The minimum absolute atomic E-state index is 0.373. The number of rotatable bonds is 5. The van der Waals surface area contributed by atoms with Gasteiger partial charge < -0.3 is 10.5 Å². The van der Waals surface area contributed by atoms with Crippen LogP contribution < -0.4 is 5.73 Å². The standard InChI is InChI=1S/C13H22N2OS/c1-15(10-11-4-6-16-7-5-11)12(9-14)13-3-2-8-17-13/h2-3,8,11-12H,4-7,9-10,14H2,1H3. The largest absolute Gasteiger partial charge is 0.381 e. The number of hydrogen-bond donors (Lipinski definition) is 1. The zero-order chi connectivity index (χ0) is 12.1. The lowest BCUT2D eigenvalue weighted by Gasteiger charge is -2.31. The molecule has 1 aliphatic rings. The molecule has 0 saturated carbocycles.